The van der Waals surface area contributed by atoms with Crippen LogP contribution in [-0.2, 0) is 26.4 Å². The van der Waals surface area contributed by atoms with E-state index in [1.165, 1.54) is 9.75 Å². The number of hydrogen-bond acceptors (Lipinski definition) is 5. The van der Waals surface area contributed by atoms with Gasteiger partial charge in [0.1, 0.15) is 6.61 Å². The van der Waals surface area contributed by atoms with Crippen LogP contribution in [0.2, 0.25) is 0 Å². The molecule has 5 nitrogen and oxygen atoms in total. The molecular formula is C14H22N4OS2. The van der Waals surface area contributed by atoms with E-state index in [2.05, 4.69) is 36.0 Å². The molecule has 0 aliphatic rings. The van der Waals surface area contributed by atoms with Crippen LogP contribution in [0.4, 0.5) is 0 Å². The lowest BCUT2D eigenvalue weighted by Crippen LogP contribution is -2.22. The largest absolute Gasteiger partial charge is 0.388 e. The minimum absolute atomic E-state index is 0.0789. The summed E-state index contributed by atoms with van der Waals surface area (Å²) in [5.41, 5.74) is 0. The van der Waals surface area contributed by atoms with Crippen molar-refractivity contribution in [2.45, 2.75) is 46.6 Å². The normalized spacial score (nSPS) is 11.5. The second kappa shape index (κ2) is 7.31. The number of aliphatic hydroxyl groups is 1. The van der Waals surface area contributed by atoms with E-state index >= 15 is 0 Å². The summed E-state index contributed by atoms with van der Waals surface area (Å²) >= 11 is 7.27. The van der Waals surface area contributed by atoms with Crippen molar-refractivity contribution in [2.75, 3.05) is 7.05 Å². The van der Waals surface area contributed by atoms with Crippen LogP contribution < -0.4 is 0 Å². The minimum Gasteiger partial charge on any atom is -0.388 e. The molecule has 0 spiro atoms. The van der Waals surface area contributed by atoms with E-state index in [0.717, 1.165) is 19.5 Å². The third kappa shape index (κ3) is 4.00. The first-order chi connectivity index (χ1) is 10.0. The Bertz CT molecular complexity index is 644. The van der Waals surface area contributed by atoms with Crippen LogP contribution in [0.1, 0.15) is 28.9 Å². The third-order valence-electron chi connectivity index (χ3n) is 3.19. The molecule has 0 aliphatic heterocycles. The van der Waals surface area contributed by atoms with Gasteiger partial charge >= 0.3 is 0 Å². The topological polar surface area (TPSA) is 46.2 Å². The maximum Gasteiger partial charge on any atom is 0.199 e. The van der Waals surface area contributed by atoms with Gasteiger partial charge in [-0.1, -0.05) is 6.92 Å². The Kier molecular flexibility index (Phi) is 5.69. The van der Waals surface area contributed by atoms with Crippen LogP contribution in [-0.4, -0.2) is 31.4 Å². The average Bonchev–Trinajstić information content (AvgIpc) is 2.97. The summed E-state index contributed by atoms with van der Waals surface area (Å²) in [4.78, 5) is 4.83. The van der Waals surface area contributed by atoms with Crippen molar-refractivity contribution < 1.29 is 5.11 Å². The fraction of sp³-hybridized carbons (Fsp3) is 0.571. The van der Waals surface area contributed by atoms with Crippen molar-refractivity contribution in [3.63, 3.8) is 0 Å². The molecule has 0 unspecified atom stereocenters. The van der Waals surface area contributed by atoms with Crippen molar-refractivity contribution in [3.05, 3.63) is 32.5 Å². The SMILES string of the molecule is CCCn1c(CO)nn(CN(C)Cc2ccc(C)s2)c1=S. The quantitative estimate of drug-likeness (QED) is 0.795. The lowest BCUT2D eigenvalue weighted by molar-refractivity contribution is 0.239. The number of nitrogens with zero attached hydrogens (tertiary/aromatic N) is 4. The molecule has 2 heterocycles. The molecule has 0 radical (unpaired) electrons. The van der Waals surface area contributed by atoms with Crippen LogP contribution in [0, 0.1) is 11.7 Å². The highest BCUT2D eigenvalue weighted by molar-refractivity contribution is 7.71. The highest BCUT2D eigenvalue weighted by Crippen LogP contribution is 2.17. The summed E-state index contributed by atoms with van der Waals surface area (Å²) in [6, 6.07) is 4.30. The van der Waals surface area contributed by atoms with E-state index in [-0.39, 0.29) is 6.61 Å². The molecule has 0 saturated carbocycles. The van der Waals surface area contributed by atoms with Gasteiger partial charge in [0.15, 0.2) is 10.6 Å². The molecule has 0 saturated heterocycles. The molecule has 0 bridgehead atoms. The zero-order valence-electron chi connectivity index (χ0n) is 12.7. The Labute approximate surface area is 134 Å². The fourth-order valence-corrected chi connectivity index (χ4v) is 3.52. The molecule has 2 aromatic heterocycles. The van der Waals surface area contributed by atoms with E-state index in [1.807, 2.05) is 23.0 Å². The first-order valence-electron chi connectivity index (χ1n) is 7.06. The Morgan fingerprint density at radius 3 is 2.76 bits per heavy atom. The van der Waals surface area contributed by atoms with Crippen LogP contribution in [0.15, 0.2) is 12.1 Å². The highest BCUT2D eigenvalue weighted by atomic mass is 32.1. The summed E-state index contributed by atoms with van der Waals surface area (Å²) in [5.74, 6) is 0.641. The second-order valence-electron chi connectivity index (χ2n) is 5.18. The Morgan fingerprint density at radius 1 is 1.43 bits per heavy atom. The van der Waals surface area contributed by atoms with E-state index in [9.17, 15) is 5.11 Å². The highest BCUT2D eigenvalue weighted by Gasteiger charge is 2.11. The Morgan fingerprint density at radius 2 is 2.19 bits per heavy atom. The summed E-state index contributed by atoms with van der Waals surface area (Å²) in [5, 5.41) is 13.8. The predicted molar refractivity (Wildman–Crippen MR) is 87.8 cm³/mol. The van der Waals surface area contributed by atoms with Crippen molar-refractivity contribution in [1.82, 2.24) is 19.2 Å². The predicted octanol–water partition coefficient (Wildman–Crippen LogP) is 2.78. The van der Waals surface area contributed by atoms with Gasteiger partial charge in [-0.2, -0.15) is 5.10 Å². The maximum absolute atomic E-state index is 9.40. The van der Waals surface area contributed by atoms with Crippen molar-refractivity contribution >= 4 is 23.6 Å². The Hall–Kier alpha value is -1.02. The maximum atomic E-state index is 9.40. The van der Waals surface area contributed by atoms with Gasteiger partial charge in [0.2, 0.25) is 0 Å². The van der Waals surface area contributed by atoms with Crippen LogP contribution in [0.5, 0.6) is 0 Å². The van der Waals surface area contributed by atoms with Crippen LogP contribution in [0.3, 0.4) is 0 Å². The van der Waals surface area contributed by atoms with Gasteiger partial charge in [0.05, 0.1) is 6.67 Å². The van der Waals surface area contributed by atoms with Gasteiger partial charge in [0, 0.05) is 22.8 Å². The standard InChI is InChI=1S/C14H22N4OS2/c1-4-7-17-13(9-19)15-18(14(17)20)10-16(3)8-12-6-5-11(2)21-12/h5-6,19H,4,7-10H2,1-3H3. The lowest BCUT2D eigenvalue weighted by Gasteiger charge is -2.15. The molecule has 1 N–H and O–H groups in total. The lowest BCUT2D eigenvalue weighted by atomic mass is 10.4. The molecule has 2 aromatic rings. The van der Waals surface area contributed by atoms with E-state index < -0.39 is 0 Å². The summed E-state index contributed by atoms with van der Waals surface area (Å²) in [6.07, 6.45) is 0.970. The van der Waals surface area contributed by atoms with E-state index in [0.29, 0.717) is 17.3 Å². The van der Waals surface area contributed by atoms with Gasteiger partial charge in [-0.05, 0) is 44.7 Å². The zero-order chi connectivity index (χ0) is 15.4. The first-order valence-corrected chi connectivity index (χ1v) is 8.28. The van der Waals surface area contributed by atoms with Gasteiger partial charge in [-0.15, -0.1) is 11.3 Å². The molecular weight excluding hydrogens is 304 g/mol. The number of hydrogen-bond donors (Lipinski definition) is 1. The summed E-state index contributed by atoms with van der Waals surface area (Å²) in [7, 11) is 2.05. The monoisotopic (exact) mass is 326 g/mol. The minimum atomic E-state index is -0.0789. The van der Waals surface area contributed by atoms with Crippen molar-refractivity contribution in [1.29, 1.82) is 0 Å². The molecule has 0 aliphatic carbocycles. The van der Waals surface area contributed by atoms with Crippen LogP contribution >= 0.6 is 23.6 Å². The van der Waals surface area contributed by atoms with Gasteiger partial charge in [-0.25, -0.2) is 4.68 Å². The summed E-state index contributed by atoms with van der Waals surface area (Å²) < 4.78 is 4.38. The number of aryl methyl sites for hydroxylation is 1. The third-order valence-corrected chi connectivity index (χ3v) is 4.60. The molecule has 0 amide bonds. The van der Waals surface area contributed by atoms with Gasteiger partial charge in [0.25, 0.3) is 0 Å². The number of rotatable bonds is 7. The molecule has 0 fully saturated rings. The molecule has 0 aromatic carbocycles. The van der Waals surface area contributed by atoms with Crippen molar-refractivity contribution in [2.24, 2.45) is 0 Å². The van der Waals surface area contributed by atoms with Gasteiger partial charge < -0.3 is 9.67 Å². The van der Waals surface area contributed by atoms with Crippen molar-refractivity contribution in [3.8, 4) is 0 Å². The fourth-order valence-electron chi connectivity index (χ4n) is 2.26. The zero-order valence-corrected chi connectivity index (χ0v) is 14.4. The number of aromatic nitrogens is 3. The smallest absolute Gasteiger partial charge is 0.199 e. The molecule has 21 heavy (non-hydrogen) atoms. The average molecular weight is 326 g/mol. The first kappa shape index (κ1) is 16.4. The van der Waals surface area contributed by atoms with Gasteiger partial charge in [-0.3, -0.25) is 4.90 Å². The number of aliphatic hydroxyl groups excluding tert-OH is 1. The van der Waals surface area contributed by atoms with Crippen LogP contribution in [0.25, 0.3) is 0 Å². The molecule has 7 heteroatoms. The van der Waals surface area contributed by atoms with E-state index in [1.54, 1.807) is 4.68 Å². The van der Waals surface area contributed by atoms with E-state index in [4.69, 9.17) is 12.2 Å². The Balaban J connectivity index is 2.10. The molecule has 0 atom stereocenters. The summed E-state index contributed by atoms with van der Waals surface area (Å²) in [6.45, 7) is 6.41. The second-order valence-corrected chi connectivity index (χ2v) is 6.91. The molecule has 2 rings (SSSR count). The molecule has 116 valence electrons. The number of thiophene rings is 1.